The highest BCUT2D eigenvalue weighted by Gasteiger charge is 2.30. The first kappa shape index (κ1) is 29.1. The second-order valence-corrected chi connectivity index (χ2v) is 11.9. The number of allylic oxidation sites excluding steroid dienone is 6. The van der Waals surface area contributed by atoms with Crippen LogP contribution in [0.25, 0.3) is 17.2 Å². The second kappa shape index (κ2) is 11.0. The summed E-state index contributed by atoms with van der Waals surface area (Å²) in [4.78, 5) is 0. The molecule has 0 fully saturated rings. The number of ether oxygens (including phenoxy) is 1. The van der Waals surface area contributed by atoms with Gasteiger partial charge in [-0.05, 0) is 41.1 Å². The summed E-state index contributed by atoms with van der Waals surface area (Å²) in [7, 11) is -6.00. The number of rotatable bonds is 2. The van der Waals surface area contributed by atoms with E-state index in [1.54, 1.807) is 0 Å². The molecule has 0 radical (unpaired) electrons. The van der Waals surface area contributed by atoms with E-state index in [1.165, 1.54) is 33.1 Å². The van der Waals surface area contributed by atoms with Crippen LogP contribution in [0.5, 0.6) is 0 Å². The van der Waals surface area contributed by atoms with Gasteiger partial charge in [-0.25, -0.2) is 0 Å². The zero-order valence-corrected chi connectivity index (χ0v) is 23.7. The van der Waals surface area contributed by atoms with Crippen LogP contribution in [-0.2, 0) is 4.74 Å². The summed E-state index contributed by atoms with van der Waals surface area (Å²) in [6, 6.07) is 26.0. The first-order valence-corrected chi connectivity index (χ1v) is 13.2. The average Bonchev–Trinajstić information content (AvgIpc) is 3.19. The minimum atomic E-state index is -6.00. The molecule has 0 aromatic heterocycles. The van der Waals surface area contributed by atoms with Crippen LogP contribution >= 0.6 is 0 Å². The Morgan fingerprint density at radius 3 is 1.80 bits per heavy atom. The van der Waals surface area contributed by atoms with Gasteiger partial charge in [-0.3, -0.25) is 0 Å². The Hall–Kier alpha value is -3.87. The lowest BCUT2D eigenvalue weighted by atomic mass is 9.87. The molecule has 2 aliphatic rings. The molecule has 208 valence electrons. The van der Waals surface area contributed by atoms with Gasteiger partial charge in [0.15, 0.2) is 0 Å². The molecule has 0 aliphatic carbocycles. The molecular weight excluding hydrogens is 513 g/mol. The molecule has 0 amide bonds. The van der Waals surface area contributed by atoms with Gasteiger partial charge < -0.3 is 22.0 Å². The monoisotopic (exact) mass is 547 g/mol. The molecule has 7 heteroatoms. The van der Waals surface area contributed by atoms with E-state index < -0.39 is 7.25 Å². The van der Waals surface area contributed by atoms with Crippen molar-refractivity contribution < 1.29 is 22.0 Å². The highest BCUT2D eigenvalue weighted by Crippen LogP contribution is 2.39. The molecular formula is C33H34BF4NO. The van der Waals surface area contributed by atoms with Crippen molar-refractivity contribution in [2.45, 2.75) is 41.5 Å². The summed E-state index contributed by atoms with van der Waals surface area (Å²) in [5, 5.41) is 2.40. The number of nitrogens with zero attached hydrogens (tertiary/aromatic N) is 1. The zero-order chi connectivity index (χ0) is 29.3. The van der Waals surface area contributed by atoms with Crippen LogP contribution in [0.15, 0.2) is 108 Å². The molecule has 2 nitrogen and oxygen atoms in total. The number of fused-ring (bicyclic) bond motifs is 3. The van der Waals surface area contributed by atoms with E-state index in [-0.39, 0.29) is 10.8 Å². The van der Waals surface area contributed by atoms with Gasteiger partial charge in [0.25, 0.3) is 0 Å². The molecule has 0 saturated carbocycles. The van der Waals surface area contributed by atoms with E-state index in [0.717, 1.165) is 17.1 Å². The summed E-state index contributed by atoms with van der Waals surface area (Å²) >= 11 is 0. The van der Waals surface area contributed by atoms with Crippen molar-refractivity contribution in [3.8, 4) is 11.1 Å². The molecule has 0 bridgehead atoms. The van der Waals surface area contributed by atoms with Crippen molar-refractivity contribution in [2.75, 3.05) is 0 Å². The lowest BCUT2D eigenvalue weighted by Crippen LogP contribution is -2.21. The maximum atomic E-state index is 9.75. The van der Waals surface area contributed by atoms with Crippen molar-refractivity contribution in [2.24, 2.45) is 10.8 Å². The molecule has 0 unspecified atom stereocenters. The summed E-state index contributed by atoms with van der Waals surface area (Å²) in [5.41, 5.74) is 6.00. The fraction of sp³-hybridized carbons (Fsp3) is 0.242. The summed E-state index contributed by atoms with van der Waals surface area (Å²) < 4.78 is 47.7. The number of para-hydroxylation sites is 2. The van der Waals surface area contributed by atoms with E-state index in [1.807, 2.05) is 0 Å². The minimum Gasteiger partial charge on any atom is -0.465 e. The highest BCUT2D eigenvalue weighted by atomic mass is 19.5. The van der Waals surface area contributed by atoms with Gasteiger partial charge in [0.2, 0.25) is 16.7 Å². The van der Waals surface area contributed by atoms with E-state index in [9.17, 15) is 17.3 Å². The molecule has 3 aromatic rings. The maximum Gasteiger partial charge on any atom is 0.673 e. The number of benzene rings is 3. The van der Waals surface area contributed by atoms with Gasteiger partial charge in [0.05, 0.1) is 11.1 Å². The van der Waals surface area contributed by atoms with Gasteiger partial charge >= 0.3 is 7.25 Å². The van der Waals surface area contributed by atoms with Crippen LogP contribution in [-0.4, -0.2) is 7.25 Å². The molecule has 0 atom stereocenters. The molecule has 3 aromatic carbocycles. The third-order valence-corrected chi connectivity index (χ3v) is 6.47. The minimum absolute atomic E-state index is 0.0535. The fourth-order valence-electron chi connectivity index (χ4n) is 4.50. The molecule has 2 heterocycles. The number of halogens is 4. The fourth-order valence-corrected chi connectivity index (χ4v) is 4.50. The smallest absolute Gasteiger partial charge is 0.465 e. The maximum absolute atomic E-state index is 9.75. The Labute approximate surface area is 233 Å². The average molecular weight is 547 g/mol. The second-order valence-electron chi connectivity index (χ2n) is 11.9. The predicted molar refractivity (Wildman–Crippen MR) is 157 cm³/mol. The zero-order valence-electron chi connectivity index (χ0n) is 23.7. The van der Waals surface area contributed by atoms with Gasteiger partial charge in [-0.2, -0.15) is 4.58 Å². The lowest BCUT2D eigenvalue weighted by molar-refractivity contribution is 0.161. The molecule has 0 saturated heterocycles. The SMILES string of the molecule is CC(C)(C)C1=CC(=C/C=c2\ccc3c(c2)-c2ccccc2[N+]=3c2ccccc2)C=C(C(C)(C)C)O1.F[B-](F)(F)F. The van der Waals surface area contributed by atoms with Crippen LogP contribution < -0.4 is 15.2 Å². The van der Waals surface area contributed by atoms with Gasteiger partial charge in [-0.15, -0.1) is 0 Å². The Morgan fingerprint density at radius 1 is 0.675 bits per heavy atom. The topological polar surface area (TPSA) is 12.2 Å². The first-order valence-electron chi connectivity index (χ1n) is 13.2. The Kier molecular flexibility index (Phi) is 7.98. The van der Waals surface area contributed by atoms with Crippen LogP contribution in [0.2, 0.25) is 0 Å². The Bertz CT molecular complexity index is 1580. The van der Waals surface area contributed by atoms with Crippen molar-refractivity contribution in [3.63, 3.8) is 0 Å². The van der Waals surface area contributed by atoms with Gasteiger partial charge in [0.1, 0.15) is 11.5 Å². The number of hydrogen-bond acceptors (Lipinski definition) is 1. The van der Waals surface area contributed by atoms with Crippen molar-refractivity contribution >= 4 is 24.7 Å². The van der Waals surface area contributed by atoms with Crippen LogP contribution in [0.4, 0.5) is 28.6 Å². The Morgan fingerprint density at radius 2 is 1.23 bits per heavy atom. The summed E-state index contributed by atoms with van der Waals surface area (Å²) in [6.45, 7) is 13.2. The molecule has 0 N–H and O–H groups in total. The van der Waals surface area contributed by atoms with Crippen molar-refractivity contribution in [1.82, 2.24) is 4.58 Å². The first-order chi connectivity index (χ1) is 18.6. The van der Waals surface area contributed by atoms with Gasteiger partial charge in [-0.1, -0.05) is 84.0 Å². The summed E-state index contributed by atoms with van der Waals surface area (Å²) in [5.74, 6) is 2.01. The Balaban J connectivity index is 0.000000681. The predicted octanol–water partition coefficient (Wildman–Crippen LogP) is 8.72. The lowest BCUT2D eigenvalue weighted by Gasteiger charge is -2.32. The third kappa shape index (κ3) is 7.01. The van der Waals surface area contributed by atoms with E-state index in [2.05, 4.69) is 143 Å². The van der Waals surface area contributed by atoms with Crippen molar-refractivity contribution in [3.05, 3.63) is 119 Å². The van der Waals surface area contributed by atoms with E-state index in [4.69, 9.17) is 4.74 Å². The standard InChI is InChI=1S/C33H34NO.BF4/c1-32(2,3)30-21-24(22-31(35-30)33(4,5)6)17-16-23-18-19-29-27(20-23)26-14-10-11-15-28(26)34(29)25-12-8-7-9-13-25;2-1(3,4)5/h7-22H,1-6H3;/q+1;-1/b23-16+;. The third-order valence-electron chi connectivity index (χ3n) is 6.47. The molecule has 2 aliphatic heterocycles. The van der Waals surface area contributed by atoms with E-state index >= 15 is 0 Å². The van der Waals surface area contributed by atoms with Crippen molar-refractivity contribution in [1.29, 1.82) is 0 Å². The molecule has 40 heavy (non-hydrogen) atoms. The van der Waals surface area contributed by atoms with Crippen LogP contribution in [0, 0.1) is 10.8 Å². The summed E-state index contributed by atoms with van der Waals surface area (Å²) in [6.07, 6.45) is 8.76. The molecule has 0 spiro atoms. The van der Waals surface area contributed by atoms with E-state index in [0.29, 0.717) is 0 Å². The quantitative estimate of drug-likeness (QED) is 0.139. The van der Waals surface area contributed by atoms with Crippen LogP contribution in [0.1, 0.15) is 41.5 Å². The normalized spacial score (nSPS) is 15.3. The van der Waals surface area contributed by atoms with Gasteiger partial charge in [0, 0.05) is 35.1 Å². The number of hydrogen-bond donors (Lipinski definition) is 0. The molecule has 5 rings (SSSR count). The largest absolute Gasteiger partial charge is 0.673 e. The highest BCUT2D eigenvalue weighted by molar-refractivity contribution is 6.50. The van der Waals surface area contributed by atoms with Crippen LogP contribution in [0.3, 0.4) is 0 Å².